The minimum absolute atomic E-state index is 0.0792. The fourth-order valence-corrected chi connectivity index (χ4v) is 4.20. The Morgan fingerprint density at radius 3 is 2.52 bits per heavy atom. The number of ether oxygens (including phenoxy) is 2. The topological polar surface area (TPSA) is 72.0 Å². The van der Waals surface area contributed by atoms with Gasteiger partial charge in [0.1, 0.15) is 18.0 Å². The largest absolute Gasteiger partial charge is 0.445 e. The standard InChI is InChI=1S/C26H33N3O4/c1-26(2,3)33-25(31)29(20-14-15-20)23-21(12-9-16-27-23)22-13-7-8-17-28(22)24(30)32-18-19-10-5-4-6-11-19/h4-6,9-12,16,20,22H,7-8,13-15,17-18H2,1-3H3/t22-/m1/s1. The van der Waals surface area contributed by atoms with Crippen LogP contribution in [0.3, 0.4) is 0 Å². The predicted octanol–water partition coefficient (Wildman–Crippen LogP) is 5.85. The van der Waals surface area contributed by atoms with E-state index in [1.165, 1.54) is 0 Å². The zero-order valence-corrected chi connectivity index (χ0v) is 19.7. The SMILES string of the molecule is CC(C)(C)OC(=O)N(c1ncccc1[C@H]1CCCCN1C(=O)OCc1ccccc1)C1CC1. The number of rotatable bonds is 5. The fourth-order valence-electron chi connectivity index (χ4n) is 4.20. The molecule has 1 aliphatic heterocycles. The third-order valence-corrected chi connectivity index (χ3v) is 5.85. The maximum atomic E-state index is 13.1. The second-order valence-corrected chi connectivity index (χ2v) is 9.74. The number of piperidine rings is 1. The number of nitrogens with zero attached hydrogens (tertiary/aromatic N) is 3. The van der Waals surface area contributed by atoms with Crippen molar-refractivity contribution in [3.05, 3.63) is 59.8 Å². The molecule has 0 N–H and O–H groups in total. The monoisotopic (exact) mass is 451 g/mol. The van der Waals surface area contributed by atoms with Crippen molar-refractivity contribution in [3.8, 4) is 0 Å². The van der Waals surface area contributed by atoms with Gasteiger partial charge in [0.05, 0.1) is 6.04 Å². The fraction of sp³-hybridized carbons (Fsp3) is 0.500. The van der Waals surface area contributed by atoms with E-state index >= 15 is 0 Å². The average Bonchev–Trinajstić information content (AvgIpc) is 3.62. The van der Waals surface area contributed by atoms with Crippen LogP contribution >= 0.6 is 0 Å². The number of hydrogen-bond donors (Lipinski definition) is 0. The molecule has 1 aliphatic carbocycles. The van der Waals surface area contributed by atoms with E-state index in [0.717, 1.165) is 43.2 Å². The molecule has 2 aliphatic rings. The summed E-state index contributed by atoms with van der Waals surface area (Å²) in [5, 5.41) is 0. The highest BCUT2D eigenvalue weighted by molar-refractivity contribution is 5.89. The molecule has 0 radical (unpaired) electrons. The number of pyridine rings is 1. The molecule has 2 aromatic rings. The van der Waals surface area contributed by atoms with Crippen molar-refractivity contribution in [2.24, 2.45) is 0 Å². The van der Waals surface area contributed by atoms with Crippen molar-refractivity contribution in [2.75, 3.05) is 11.4 Å². The van der Waals surface area contributed by atoms with Crippen LogP contribution in [0.1, 0.15) is 70.0 Å². The summed E-state index contributed by atoms with van der Waals surface area (Å²) in [5.41, 5.74) is 1.22. The molecule has 1 aromatic heterocycles. The van der Waals surface area contributed by atoms with Crippen LogP contribution in [0.4, 0.5) is 15.4 Å². The Morgan fingerprint density at radius 2 is 1.82 bits per heavy atom. The molecule has 1 saturated heterocycles. The van der Waals surface area contributed by atoms with Crippen LogP contribution in [0, 0.1) is 0 Å². The van der Waals surface area contributed by atoms with E-state index in [2.05, 4.69) is 4.98 Å². The van der Waals surface area contributed by atoms with E-state index in [1.807, 2.05) is 63.2 Å². The summed E-state index contributed by atoms with van der Waals surface area (Å²) in [6.45, 7) is 6.43. The first kappa shape index (κ1) is 23.1. The van der Waals surface area contributed by atoms with E-state index < -0.39 is 5.60 Å². The van der Waals surface area contributed by atoms with Crippen LogP contribution < -0.4 is 4.90 Å². The minimum Gasteiger partial charge on any atom is -0.445 e. The summed E-state index contributed by atoms with van der Waals surface area (Å²) in [6, 6.07) is 13.4. The molecule has 2 heterocycles. The van der Waals surface area contributed by atoms with Gasteiger partial charge in [-0.05, 0) is 64.5 Å². The molecule has 0 spiro atoms. The molecular weight excluding hydrogens is 418 g/mol. The van der Waals surface area contributed by atoms with Crippen LogP contribution in [0.5, 0.6) is 0 Å². The first-order chi connectivity index (χ1) is 15.8. The number of amides is 2. The van der Waals surface area contributed by atoms with Crippen LogP contribution in [0.15, 0.2) is 48.7 Å². The van der Waals surface area contributed by atoms with Crippen molar-refractivity contribution in [2.45, 2.75) is 77.2 Å². The molecule has 2 amide bonds. The first-order valence-corrected chi connectivity index (χ1v) is 11.8. The lowest BCUT2D eigenvalue weighted by molar-refractivity contribution is 0.0574. The van der Waals surface area contributed by atoms with Gasteiger partial charge in [-0.25, -0.2) is 14.6 Å². The molecule has 4 rings (SSSR count). The van der Waals surface area contributed by atoms with E-state index in [4.69, 9.17) is 9.47 Å². The molecule has 1 atom stereocenters. The van der Waals surface area contributed by atoms with Crippen molar-refractivity contribution >= 4 is 18.0 Å². The molecule has 176 valence electrons. The number of anilines is 1. The van der Waals surface area contributed by atoms with Gasteiger partial charge in [-0.1, -0.05) is 36.4 Å². The summed E-state index contributed by atoms with van der Waals surface area (Å²) in [5.74, 6) is 0.585. The van der Waals surface area contributed by atoms with Gasteiger partial charge in [0, 0.05) is 24.3 Å². The van der Waals surface area contributed by atoms with Crippen LogP contribution in [-0.4, -0.2) is 40.3 Å². The molecule has 0 bridgehead atoms. The van der Waals surface area contributed by atoms with E-state index in [9.17, 15) is 9.59 Å². The Bertz CT molecular complexity index is 969. The highest BCUT2D eigenvalue weighted by Gasteiger charge is 2.40. The Labute approximate surface area is 195 Å². The van der Waals surface area contributed by atoms with Crippen molar-refractivity contribution in [1.29, 1.82) is 0 Å². The van der Waals surface area contributed by atoms with Gasteiger partial charge < -0.3 is 14.4 Å². The Balaban J connectivity index is 1.58. The van der Waals surface area contributed by atoms with Gasteiger partial charge in [0.15, 0.2) is 0 Å². The first-order valence-electron chi connectivity index (χ1n) is 11.8. The lowest BCUT2D eigenvalue weighted by Gasteiger charge is -2.37. The number of likely N-dealkylation sites (tertiary alicyclic amines) is 1. The third-order valence-electron chi connectivity index (χ3n) is 5.85. The maximum Gasteiger partial charge on any atom is 0.416 e. The zero-order chi connectivity index (χ0) is 23.4. The summed E-state index contributed by atoms with van der Waals surface area (Å²) < 4.78 is 11.4. The molecule has 33 heavy (non-hydrogen) atoms. The maximum absolute atomic E-state index is 13.1. The number of aromatic nitrogens is 1. The van der Waals surface area contributed by atoms with Gasteiger partial charge in [0.25, 0.3) is 0 Å². The van der Waals surface area contributed by atoms with Crippen molar-refractivity contribution < 1.29 is 19.1 Å². The number of benzene rings is 1. The lowest BCUT2D eigenvalue weighted by atomic mass is 9.95. The molecule has 7 nitrogen and oxygen atoms in total. The summed E-state index contributed by atoms with van der Waals surface area (Å²) in [4.78, 5) is 34.3. The summed E-state index contributed by atoms with van der Waals surface area (Å²) in [7, 11) is 0. The van der Waals surface area contributed by atoms with E-state index in [0.29, 0.717) is 12.4 Å². The highest BCUT2D eigenvalue weighted by Crippen LogP contribution is 2.40. The number of carbonyl (C=O) groups is 2. The highest BCUT2D eigenvalue weighted by atomic mass is 16.6. The Morgan fingerprint density at radius 1 is 1.06 bits per heavy atom. The lowest BCUT2D eigenvalue weighted by Crippen LogP contribution is -2.42. The Hall–Kier alpha value is -3.09. The Kier molecular flexibility index (Phi) is 6.86. The van der Waals surface area contributed by atoms with Crippen LogP contribution in [0.2, 0.25) is 0 Å². The minimum atomic E-state index is -0.600. The van der Waals surface area contributed by atoms with Crippen molar-refractivity contribution in [3.63, 3.8) is 0 Å². The van der Waals surface area contributed by atoms with Gasteiger partial charge in [-0.3, -0.25) is 4.90 Å². The summed E-state index contributed by atoms with van der Waals surface area (Å²) in [6.07, 6.45) is 5.52. The average molecular weight is 452 g/mol. The number of hydrogen-bond acceptors (Lipinski definition) is 5. The molecule has 7 heteroatoms. The van der Waals surface area contributed by atoms with Crippen LogP contribution in [-0.2, 0) is 16.1 Å². The van der Waals surface area contributed by atoms with Crippen LogP contribution in [0.25, 0.3) is 0 Å². The third kappa shape index (κ3) is 5.83. The van der Waals surface area contributed by atoms with Crippen molar-refractivity contribution in [1.82, 2.24) is 9.88 Å². The molecule has 1 saturated carbocycles. The predicted molar refractivity (Wildman–Crippen MR) is 126 cm³/mol. The van der Waals surface area contributed by atoms with E-state index in [-0.39, 0.29) is 30.9 Å². The van der Waals surface area contributed by atoms with Gasteiger partial charge in [0.2, 0.25) is 0 Å². The number of carbonyl (C=O) groups excluding carboxylic acids is 2. The van der Waals surface area contributed by atoms with Gasteiger partial charge in [-0.2, -0.15) is 0 Å². The second-order valence-electron chi connectivity index (χ2n) is 9.74. The molecule has 0 unspecified atom stereocenters. The zero-order valence-electron chi connectivity index (χ0n) is 19.7. The summed E-state index contributed by atoms with van der Waals surface area (Å²) >= 11 is 0. The normalized spacial score (nSPS) is 18.5. The van der Waals surface area contributed by atoms with E-state index in [1.54, 1.807) is 16.0 Å². The molecular formula is C26H33N3O4. The molecule has 1 aromatic carbocycles. The van der Waals surface area contributed by atoms with Gasteiger partial charge in [-0.15, -0.1) is 0 Å². The second kappa shape index (κ2) is 9.81. The smallest absolute Gasteiger partial charge is 0.416 e. The quantitative estimate of drug-likeness (QED) is 0.570. The molecule has 2 fully saturated rings. The van der Waals surface area contributed by atoms with Gasteiger partial charge >= 0.3 is 12.2 Å².